The van der Waals surface area contributed by atoms with Crippen molar-refractivity contribution >= 4 is 5.91 Å². The molecule has 98 valence electrons. The van der Waals surface area contributed by atoms with E-state index in [1.54, 1.807) is 7.11 Å². The average Bonchev–Trinajstić information content (AvgIpc) is 2.39. The lowest BCUT2D eigenvalue weighted by Gasteiger charge is -2.30. The monoisotopic (exact) mass is 248 g/mol. The highest BCUT2D eigenvalue weighted by atomic mass is 16.5. The largest absolute Gasteiger partial charge is 0.496 e. The number of aryl methyl sites for hydroxylation is 1. The normalized spacial score (nSPS) is 16.7. The van der Waals surface area contributed by atoms with Crippen molar-refractivity contribution in [3.63, 3.8) is 0 Å². The van der Waals surface area contributed by atoms with E-state index in [1.807, 2.05) is 30.0 Å². The van der Waals surface area contributed by atoms with Gasteiger partial charge in [0.15, 0.2) is 0 Å². The van der Waals surface area contributed by atoms with Gasteiger partial charge in [-0.15, -0.1) is 0 Å². The summed E-state index contributed by atoms with van der Waals surface area (Å²) in [7, 11) is 1.59. The zero-order valence-corrected chi connectivity index (χ0v) is 11.0. The lowest BCUT2D eigenvalue weighted by atomic mass is 10.0. The van der Waals surface area contributed by atoms with E-state index >= 15 is 0 Å². The summed E-state index contributed by atoms with van der Waals surface area (Å²) in [6, 6.07) is 5.91. The van der Waals surface area contributed by atoms with E-state index in [0.717, 1.165) is 31.5 Å². The van der Waals surface area contributed by atoms with Crippen LogP contribution in [0.3, 0.4) is 0 Å². The van der Waals surface area contributed by atoms with Gasteiger partial charge >= 0.3 is 0 Å². The van der Waals surface area contributed by atoms with E-state index in [0.29, 0.717) is 11.3 Å². The molecule has 18 heavy (non-hydrogen) atoms. The number of carbonyl (C=O) groups is 1. The van der Waals surface area contributed by atoms with Gasteiger partial charge in [0.1, 0.15) is 5.75 Å². The predicted octanol–water partition coefficient (Wildman–Crippen LogP) is 1.57. The van der Waals surface area contributed by atoms with Gasteiger partial charge in [0.25, 0.3) is 5.91 Å². The Bertz CT molecular complexity index is 437. The van der Waals surface area contributed by atoms with E-state index in [9.17, 15) is 4.79 Å². The van der Waals surface area contributed by atoms with Crippen molar-refractivity contribution in [3.8, 4) is 5.75 Å². The van der Waals surface area contributed by atoms with Gasteiger partial charge in [-0.2, -0.15) is 0 Å². The number of carbonyl (C=O) groups excluding carboxylic acids is 1. The molecule has 1 fully saturated rings. The Labute approximate surface area is 108 Å². The van der Waals surface area contributed by atoms with Crippen molar-refractivity contribution < 1.29 is 9.53 Å². The van der Waals surface area contributed by atoms with Crippen LogP contribution in [0.25, 0.3) is 0 Å². The summed E-state index contributed by atoms with van der Waals surface area (Å²) in [4.78, 5) is 14.3. The van der Waals surface area contributed by atoms with Gasteiger partial charge in [-0.25, -0.2) is 0 Å². The maximum atomic E-state index is 12.4. The Balaban J connectivity index is 2.20. The number of likely N-dealkylation sites (tertiary alicyclic amines) is 1. The van der Waals surface area contributed by atoms with Crippen molar-refractivity contribution in [2.45, 2.75) is 25.8 Å². The molecule has 0 bridgehead atoms. The molecule has 0 unspecified atom stereocenters. The minimum Gasteiger partial charge on any atom is -0.496 e. The van der Waals surface area contributed by atoms with E-state index in [4.69, 9.17) is 10.5 Å². The molecular weight excluding hydrogens is 228 g/mol. The fourth-order valence-electron chi connectivity index (χ4n) is 2.26. The van der Waals surface area contributed by atoms with Crippen molar-refractivity contribution in [1.82, 2.24) is 4.90 Å². The van der Waals surface area contributed by atoms with Gasteiger partial charge in [0.2, 0.25) is 0 Å². The third-order valence-electron chi connectivity index (χ3n) is 3.41. The molecule has 1 aromatic carbocycles. The topological polar surface area (TPSA) is 55.6 Å². The van der Waals surface area contributed by atoms with Crippen LogP contribution in [-0.2, 0) is 0 Å². The molecule has 0 radical (unpaired) electrons. The Morgan fingerprint density at radius 2 is 2.06 bits per heavy atom. The third kappa shape index (κ3) is 2.64. The van der Waals surface area contributed by atoms with Gasteiger partial charge in [0, 0.05) is 19.1 Å². The second-order valence-corrected chi connectivity index (χ2v) is 4.83. The maximum absolute atomic E-state index is 12.4. The standard InChI is InChI=1S/C14H20N2O2/c1-10-3-4-13(18-2)12(9-10)14(17)16-7-5-11(15)6-8-16/h3-4,9,11H,5-8,15H2,1-2H3. The number of nitrogens with zero attached hydrogens (tertiary/aromatic N) is 1. The molecule has 0 atom stereocenters. The summed E-state index contributed by atoms with van der Waals surface area (Å²) in [5.41, 5.74) is 7.56. The highest BCUT2D eigenvalue weighted by molar-refractivity contribution is 5.97. The van der Waals surface area contributed by atoms with Crippen molar-refractivity contribution in [2.75, 3.05) is 20.2 Å². The quantitative estimate of drug-likeness (QED) is 0.864. The summed E-state index contributed by atoms with van der Waals surface area (Å²) in [6.07, 6.45) is 1.75. The second-order valence-electron chi connectivity index (χ2n) is 4.83. The van der Waals surface area contributed by atoms with E-state index < -0.39 is 0 Å². The molecule has 1 aliphatic rings. The number of benzene rings is 1. The summed E-state index contributed by atoms with van der Waals surface area (Å²) >= 11 is 0. The van der Waals surface area contributed by atoms with Crippen LogP contribution in [0.5, 0.6) is 5.75 Å². The number of hydrogen-bond donors (Lipinski definition) is 1. The fraction of sp³-hybridized carbons (Fsp3) is 0.500. The zero-order chi connectivity index (χ0) is 13.1. The number of piperidine rings is 1. The molecule has 1 aromatic rings. The van der Waals surface area contributed by atoms with E-state index in [1.165, 1.54) is 0 Å². The molecule has 0 aliphatic carbocycles. The highest BCUT2D eigenvalue weighted by Gasteiger charge is 2.23. The molecule has 2 rings (SSSR count). The molecule has 0 saturated carbocycles. The van der Waals surface area contributed by atoms with Crippen LogP contribution in [0, 0.1) is 6.92 Å². The third-order valence-corrected chi connectivity index (χ3v) is 3.41. The summed E-state index contributed by atoms with van der Waals surface area (Å²) in [6.45, 7) is 3.44. The number of nitrogens with two attached hydrogens (primary N) is 1. The molecule has 1 saturated heterocycles. The van der Waals surface area contributed by atoms with Crippen LogP contribution >= 0.6 is 0 Å². The average molecular weight is 248 g/mol. The van der Waals surface area contributed by atoms with Crippen LogP contribution in [-0.4, -0.2) is 37.0 Å². The van der Waals surface area contributed by atoms with Gasteiger partial charge in [0.05, 0.1) is 12.7 Å². The van der Waals surface area contributed by atoms with Crippen LogP contribution in [0.4, 0.5) is 0 Å². The Hall–Kier alpha value is -1.55. The zero-order valence-electron chi connectivity index (χ0n) is 11.0. The molecule has 1 aliphatic heterocycles. The number of methoxy groups -OCH3 is 1. The van der Waals surface area contributed by atoms with Gasteiger partial charge < -0.3 is 15.4 Å². The summed E-state index contributed by atoms with van der Waals surface area (Å²) in [5, 5.41) is 0. The Kier molecular flexibility index (Phi) is 3.87. The highest BCUT2D eigenvalue weighted by Crippen LogP contribution is 2.22. The second kappa shape index (κ2) is 5.40. The first-order valence-corrected chi connectivity index (χ1v) is 6.31. The summed E-state index contributed by atoms with van der Waals surface area (Å²) < 4.78 is 5.26. The van der Waals surface area contributed by atoms with Crippen LogP contribution < -0.4 is 10.5 Å². The number of amides is 1. The van der Waals surface area contributed by atoms with Crippen molar-refractivity contribution in [3.05, 3.63) is 29.3 Å². The SMILES string of the molecule is COc1ccc(C)cc1C(=O)N1CCC(N)CC1. The first-order valence-electron chi connectivity index (χ1n) is 6.31. The van der Waals surface area contributed by atoms with E-state index in [2.05, 4.69) is 0 Å². The molecule has 2 N–H and O–H groups in total. The lowest BCUT2D eigenvalue weighted by Crippen LogP contribution is -2.42. The minimum absolute atomic E-state index is 0.0439. The maximum Gasteiger partial charge on any atom is 0.257 e. The van der Waals surface area contributed by atoms with Gasteiger partial charge in [-0.3, -0.25) is 4.79 Å². The number of ether oxygens (including phenoxy) is 1. The lowest BCUT2D eigenvalue weighted by molar-refractivity contribution is 0.0711. The van der Waals surface area contributed by atoms with Crippen LogP contribution in [0.15, 0.2) is 18.2 Å². The number of rotatable bonds is 2. The molecule has 1 heterocycles. The first-order chi connectivity index (χ1) is 8.61. The molecule has 0 spiro atoms. The van der Waals surface area contributed by atoms with Crippen molar-refractivity contribution in [2.24, 2.45) is 5.73 Å². The molecule has 0 aromatic heterocycles. The smallest absolute Gasteiger partial charge is 0.257 e. The van der Waals surface area contributed by atoms with Crippen LogP contribution in [0.1, 0.15) is 28.8 Å². The molecular formula is C14H20N2O2. The van der Waals surface area contributed by atoms with Crippen molar-refractivity contribution in [1.29, 1.82) is 0 Å². The van der Waals surface area contributed by atoms with Gasteiger partial charge in [-0.05, 0) is 31.9 Å². The molecule has 1 amide bonds. The van der Waals surface area contributed by atoms with Gasteiger partial charge in [-0.1, -0.05) is 11.6 Å². The molecule has 4 nitrogen and oxygen atoms in total. The predicted molar refractivity (Wildman–Crippen MR) is 70.8 cm³/mol. The summed E-state index contributed by atoms with van der Waals surface area (Å²) in [5.74, 6) is 0.683. The molecule has 4 heteroatoms. The van der Waals surface area contributed by atoms with Crippen LogP contribution in [0.2, 0.25) is 0 Å². The Morgan fingerprint density at radius 3 is 2.67 bits per heavy atom. The fourth-order valence-corrected chi connectivity index (χ4v) is 2.26. The number of hydrogen-bond acceptors (Lipinski definition) is 3. The Morgan fingerprint density at radius 1 is 1.39 bits per heavy atom. The van der Waals surface area contributed by atoms with E-state index in [-0.39, 0.29) is 11.9 Å². The first kappa shape index (κ1) is 12.9. The minimum atomic E-state index is 0.0439.